The fourth-order valence-electron chi connectivity index (χ4n) is 4.88. The van der Waals surface area contributed by atoms with Gasteiger partial charge in [0.1, 0.15) is 0 Å². The molecule has 30 heavy (non-hydrogen) atoms. The minimum absolute atomic E-state index is 0.00643. The number of aromatic nitrogens is 1. The van der Waals surface area contributed by atoms with E-state index < -0.39 is 5.54 Å². The fourth-order valence-corrected chi connectivity index (χ4v) is 4.88. The minimum atomic E-state index is -0.488. The summed E-state index contributed by atoms with van der Waals surface area (Å²) in [6.07, 6.45) is 3.68. The molecule has 0 unspecified atom stereocenters. The zero-order valence-electron chi connectivity index (χ0n) is 17.4. The third-order valence-corrected chi connectivity index (χ3v) is 6.11. The van der Waals surface area contributed by atoms with E-state index in [-0.39, 0.29) is 36.5 Å². The van der Waals surface area contributed by atoms with Crippen LogP contribution in [-0.2, 0) is 11.2 Å². The molecular weight excluding hydrogens is 380 g/mol. The second-order valence-corrected chi connectivity index (χ2v) is 8.50. The topological polar surface area (TPSA) is 85.8 Å². The normalized spacial score (nSPS) is 21.9. The summed E-state index contributed by atoms with van der Waals surface area (Å²) >= 11 is 0. The van der Waals surface area contributed by atoms with Gasteiger partial charge in [-0.3, -0.25) is 9.78 Å². The summed E-state index contributed by atoms with van der Waals surface area (Å²) in [5.74, 6) is 0.0150. The molecule has 2 aromatic rings. The number of hydrogen-bond donors (Lipinski definition) is 2. The molecular formula is C23H28N4O3. The number of nitrogens with zero attached hydrogens (tertiary/aromatic N) is 3. The van der Waals surface area contributed by atoms with Gasteiger partial charge < -0.3 is 20.2 Å². The van der Waals surface area contributed by atoms with Crippen molar-refractivity contribution in [2.45, 2.75) is 43.8 Å². The monoisotopic (exact) mass is 408 g/mol. The Morgan fingerprint density at radius 3 is 2.53 bits per heavy atom. The largest absolute Gasteiger partial charge is 0.394 e. The molecule has 4 rings (SSSR count). The lowest BCUT2D eigenvalue weighted by Crippen LogP contribution is -2.86. The van der Waals surface area contributed by atoms with Crippen LogP contribution in [0, 0.1) is 0 Å². The molecule has 0 bridgehead atoms. The number of likely N-dealkylation sites (tertiary alicyclic amines) is 2. The van der Waals surface area contributed by atoms with Gasteiger partial charge in [0.15, 0.2) is 0 Å². The molecule has 0 saturated carbocycles. The Morgan fingerprint density at radius 1 is 1.20 bits per heavy atom. The highest BCUT2D eigenvalue weighted by molar-refractivity contribution is 5.83. The van der Waals surface area contributed by atoms with Crippen LogP contribution in [0.2, 0.25) is 0 Å². The molecule has 3 amide bonds. The molecule has 1 aromatic heterocycles. The molecule has 0 aliphatic carbocycles. The SMILES string of the molecule is CC(C)NC(=O)N1[C@H](CO)[C@H](c2ccccc2)C12CN(C(=O)Cc1cccnc1)C2. The number of benzene rings is 1. The van der Waals surface area contributed by atoms with Crippen LogP contribution < -0.4 is 5.32 Å². The second-order valence-electron chi connectivity index (χ2n) is 8.50. The average Bonchev–Trinajstić information content (AvgIpc) is 2.67. The standard InChI is InChI=1S/C23H28N4O3/c1-16(2)25-22(30)27-19(13-28)21(18-8-4-3-5-9-18)23(27)14-26(15-23)20(29)11-17-7-6-10-24-12-17/h3-10,12,16,19,21,28H,11,13-15H2,1-2H3,(H,25,30)/t19-,21+/m1/s1. The number of urea groups is 1. The molecule has 7 nitrogen and oxygen atoms in total. The predicted molar refractivity (Wildman–Crippen MR) is 113 cm³/mol. The van der Waals surface area contributed by atoms with E-state index in [9.17, 15) is 14.7 Å². The van der Waals surface area contributed by atoms with Crippen molar-refractivity contribution in [2.75, 3.05) is 19.7 Å². The summed E-state index contributed by atoms with van der Waals surface area (Å²) in [6, 6.07) is 13.2. The molecule has 3 heterocycles. The molecule has 2 aliphatic heterocycles. The van der Waals surface area contributed by atoms with E-state index >= 15 is 0 Å². The first kappa shape index (κ1) is 20.3. The quantitative estimate of drug-likeness (QED) is 0.790. The summed E-state index contributed by atoms with van der Waals surface area (Å²) < 4.78 is 0. The van der Waals surface area contributed by atoms with Gasteiger partial charge in [0, 0.05) is 37.4 Å². The number of carbonyl (C=O) groups excluding carboxylic acids is 2. The maximum absolute atomic E-state index is 12.9. The molecule has 1 aromatic carbocycles. The second kappa shape index (κ2) is 8.07. The molecule has 1 spiro atoms. The van der Waals surface area contributed by atoms with Gasteiger partial charge in [-0.2, -0.15) is 0 Å². The number of rotatable bonds is 5. The van der Waals surface area contributed by atoms with Crippen LogP contribution in [0.5, 0.6) is 0 Å². The molecule has 2 aliphatic rings. The van der Waals surface area contributed by atoms with Crippen LogP contribution in [0.4, 0.5) is 4.79 Å². The number of amides is 3. The Morgan fingerprint density at radius 2 is 1.93 bits per heavy atom. The maximum Gasteiger partial charge on any atom is 0.318 e. The molecule has 2 N–H and O–H groups in total. The van der Waals surface area contributed by atoms with E-state index in [0.29, 0.717) is 19.5 Å². The van der Waals surface area contributed by atoms with Crippen LogP contribution in [0.3, 0.4) is 0 Å². The fraction of sp³-hybridized carbons (Fsp3) is 0.435. The minimum Gasteiger partial charge on any atom is -0.394 e. The summed E-state index contributed by atoms with van der Waals surface area (Å²) in [4.78, 5) is 33.4. The van der Waals surface area contributed by atoms with E-state index in [0.717, 1.165) is 11.1 Å². The predicted octanol–water partition coefficient (Wildman–Crippen LogP) is 1.78. The van der Waals surface area contributed by atoms with E-state index in [1.165, 1.54) is 0 Å². The summed E-state index contributed by atoms with van der Waals surface area (Å²) in [7, 11) is 0. The van der Waals surface area contributed by atoms with Gasteiger partial charge in [-0.25, -0.2) is 4.79 Å². The Kier molecular flexibility index (Phi) is 5.47. The number of carbonyl (C=O) groups is 2. The van der Waals surface area contributed by atoms with Crippen molar-refractivity contribution in [2.24, 2.45) is 0 Å². The third kappa shape index (κ3) is 3.43. The Bertz CT molecular complexity index is 897. The van der Waals surface area contributed by atoms with Crippen molar-refractivity contribution in [3.8, 4) is 0 Å². The highest BCUT2D eigenvalue weighted by atomic mass is 16.3. The van der Waals surface area contributed by atoms with E-state index in [4.69, 9.17) is 0 Å². The first-order valence-corrected chi connectivity index (χ1v) is 10.4. The smallest absolute Gasteiger partial charge is 0.318 e. The number of aliphatic hydroxyl groups is 1. The lowest BCUT2D eigenvalue weighted by molar-refractivity contribution is -0.176. The van der Waals surface area contributed by atoms with Gasteiger partial charge in [-0.1, -0.05) is 36.4 Å². The van der Waals surface area contributed by atoms with E-state index in [1.807, 2.05) is 56.3 Å². The van der Waals surface area contributed by atoms with Gasteiger partial charge in [0.2, 0.25) is 5.91 Å². The first-order valence-electron chi connectivity index (χ1n) is 10.4. The number of aliphatic hydroxyl groups excluding tert-OH is 1. The number of hydrogen-bond acceptors (Lipinski definition) is 4. The number of pyridine rings is 1. The van der Waals surface area contributed by atoms with Crippen molar-refractivity contribution in [1.82, 2.24) is 20.1 Å². The van der Waals surface area contributed by atoms with Gasteiger partial charge >= 0.3 is 6.03 Å². The van der Waals surface area contributed by atoms with Gasteiger partial charge in [0.05, 0.1) is 24.6 Å². The van der Waals surface area contributed by atoms with Gasteiger partial charge in [-0.15, -0.1) is 0 Å². The van der Waals surface area contributed by atoms with E-state index in [1.54, 1.807) is 22.2 Å². The zero-order chi connectivity index (χ0) is 21.3. The summed E-state index contributed by atoms with van der Waals surface area (Å²) in [5, 5.41) is 13.0. The Balaban J connectivity index is 1.56. The maximum atomic E-state index is 12.9. The molecule has 2 saturated heterocycles. The molecule has 2 fully saturated rings. The van der Waals surface area contributed by atoms with E-state index in [2.05, 4.69) is 10.3 Å². The van der Waals surface area contributed by atoms with Crippen molar-refractivity contribution < 1.29 is 14.7 Å². The third-order valence-electron chi connectivity index (χ3n) is 6.11. The van der Waals surface area contributed by atoms with Crippen LogP contribution >= 0.6 is 0 Å². The molecule has 158 valence electrons. The number of nitrogens with one attached hydrogen (secondary N) is 1. The zero-order valence-corrected chi connectivity index (χ0v) is 17.4. The Hall–Kier alpha value is -2.93. The lowest BCUT2D eigenvalue weighted by atomic mass is 9.61. The average molecular weight is 409 g/mol. The lowest BCUT2D eigenvalue weighted by Gasteiger charge is -2.70. The highest BCUT2D eigenvalue weighted by Gasteiger charge is 2.68. The molecule has 7 heteroatoms. The first-order chi connectivity index (χ1) is 14.5. The Labute approximate surface area is 176 Å². The van der Waals surface area contributed by atoms with Crippen LogP contribution in [0.1, 0.15) is 30.9 Å². The van der Waals surface area contributed by atoms with Crippen molar-refractivity contribution in [3.05, 3.63) is 66.0 Å². The summed E-state index contributed by atoms with van der Waals surface area (Å²) in [6.45, 7) is 4.65. The van der Waals surface area contributed by atoms with Gasteiger partial charge in [-0.05, 0) is 31.0 Å². The van der Waals surface area contributed by atoms with Crippen LogP contribution in [0.15, 0.2) is 54.9 Å². The van der Waals surface area contributed by atoms with Crippen LogP contribution in [0.25, 0.3) is 0 Å². The summed E-state index contributed by atoms with van der Waals surface area (Å²) in [5.41, 5.74) is 1.47. The molecule has 2 atom stereocenters. The molecule has 0 radical (unpaired) electrons. The van der Waals surface area contributed by atoms with Gasteiger partial charge in [0.25, 0.3) is 0 Å². The van der Waals surface area contributed by atoms with Crippen LogP contribution in [-0.4, -0.2) is 69.1 Å². The van der Waals surface area contributed by atoms with Crippen molar-refractivity contribution in [1.29, 1.82) is 0 Å². The van der Waals surface area contributed by atoms with Crippen molar-refractivity contribution in [3.63, 3.8) is 0 Å². The van der Waals surface area contributed by atoms with Crippen molar-refractivity contribution >= 4 is 11.9 Å². The highest BCUT2D eigenvalue weighted by Crippen LogP contribution is 2.53.